The van der Waals surface area contributed by atoms with Crippen LogP contribution in [0.15, 0.2) is 30.3 Å². The van der Waals surface area contributed by atoms with E-state index in [4.69, 9.17) is 22.1 Å². The van der Waals surface area contributed by atoms with Crippen molar-refractivity contribution >= 4 is 39.7 Å². The zero-order chi connectivity index (χ0) is 21.3. The Morgan fingerprint density at radius 2 is 2.00 bits per heavy atom. The molecule has 8 heteroatoms. The van der Waals surface area contributed by atoms with E-state index in [0.29, 0.717) is 71.3 Å². The topological polar surface area (TPSA) is 105 Å². The van der Waals surface area contributed by atoms with Gasteiger partial charge in [-0.25, -0.2) is 0 Å². The van der Waals surface area contributed by atoms with Crippen molar-refractivity contribution in [1.82, 2.24) is 10.2 Å². The highest BCUT2D eigenvalue weighted by Crippen LogP contribution is 2.34. The second kappa shape index (κ2) is 8.17. The summed E-state index contributed by atoms with van der Waals surface area (Å²) in [6.07, 6.45) is 1.42. The normalized spacial score (nSPS) is 14.0. The van der Waals surface area contributed by atoms with Crippen LogP contribution in [0.5, 0.6) is 5.75 Å². The molecule has 1 aliphatic rings. The van der Waals surface area contributed by atoms with Crippen molar-refractivity contribution in [1.29, 1.82) is 5.26 Å². The van der Waals surface area contributed by atoms with E-state index in [0.717, 1.165) is 10.9 Å². The minimum Gasteiger partial charge on any atom is -0.495 e. The number of ketones is 1. The average molecular weight is 422 g/mol. The van der Waals surface area contributed by atoms with Gasteiger partial charge in [-0.3, -0.25) is 4.79 Å². The van der Waals surface area contributed by atoms with Crippen LogP contribution in [-0.2, 0) is 11.2 Å². The molecule has 0 atom stereocenters. The predicted octanol–water partition coefficient (Wildman–Crippen LogP) is 3.51. The molecule has 2 aromatic carbocycles. The molecule has 0 aliphatic carbocycles. The summed E-state index contributed by atoms with van der Waals surface area (Å²) in [5.74, 6) is 1.53. The molecule has 2 heterocycles. The number of ether oxygens (including phenoxy) is 1. The van der Waals surface area contributed by atoms with Gasteiger partial charge in [0.25, 0.3) is 0 Å². The van der Waals surface area contributed by atoms with Gasteiger partial charge in [0.15, 0.2) is 5.82 Å². The molecule has 30 heavy (non-hydrogen) atoms. The van der Waals surface area contributed by atoms with E-state index in [1.54, 1.807) is 19.2 Å². The fourth-order valence-electron chi connectivity index (χ4n) is 3.76. The van der Waals surface area contributed by atoms with Crippen LogP contribution in [0.3, 0.4) is 0 Å². The third-order valence-electron chi connectivity index (χ3n) is 5.37. The second-order valence-corrected chi connectivity index (χ2v) is 7.61. The molecule has 4 rings (SSSR count). The van der Waals surface area contributed by atoms with Crippen molar-refractivity contribution in [2.24, 2.45) is 0 Å². The average Bonchev–Trinajstić information content (AvgIpc) is 2.75. The summed E-state index contributed by atoms with van der Waals surface area (Å²) in [6.45, 7) is 1.19. The first-order valence-corrected chi connectivity index (χ1v) is 9.96. The summed E-state index contributed by atoms with van der Waals surface area (Å²) in [5.41, 5.74) is 8.74. The van der Waals surface area contributed by atoms with Crippen molar-refractivity contribution in [3.8, 4) is 11.8 Å². The van der Waals surface area contributed by atoms with Gasteiger partial charge >= 0.3 is 0 Å². The smallest absolute Gasteiger partial charge is 0.159 e. The van der Waals surface area contributed by atoms with Gasteiger partial charge in [0.2, 0.25) is 0 Å². The molecule has 1 aromatic heterocycles. The molecule has 0 unspecified atom stereocenters. The fourth-order valence-corrected chi connectivity index (χ4v) is 4.04. The van der Waals surface area contributed by atoms with Gasteiger partial charge in [-0.2, -0.15) is 10.4 Å². The molecule has 1 saturated heterocycles. The maximum Gasteiger partial charge on any atom is 0.159 e. The molecule has 3 aromatic rings. The Bertz CT molecular complexity index is 1180. The molecule has 1 aliphatic heterocycles. The number of rotatable bonds is 4. The van der Waals surface area contributed by atoms with Crippen molar-refractivity contribution in [3.05, 3.63) is 52.2 Å². The summed E-state index contributed by atoms with van der Waals surface area (Å²) in [5, 5.41) is 20.4. The Hall–Kier alpha value is -3.37. The Morgan fingerprint density at radius 3 is 2.67 bits per heavy atom. The van der Waals surface area contributed by atoms with Crippen LogP contribution >= 0.6 is 11.6 Å². The van der Waals surface area contributed by atoms with Gasteiger partial charge in [-0.15, -0.1) is 5.10 Å². The molecule has 2 N–H and O–H groups in total. The Morgan fingerprint density at radius 1 is 1.23 bits per heavy atom. The van der Waals surface area contributed by atoms with Crippen LogP contribution < -0.4 is 15.4 Å². The summed E-state index contributed by atoms with van der Waals surface area (Å²) < 4.78 is 5.21. The number of nitriles is 1. The van der Waals surface area contributed by atoms with E-state index in [9.17, 15) is 10.1 Å². The number of nitrogens with zero attached hydrogens (tertiary/aromatic N) is 4. The van der Waals surface area contributed by atoms with Gasteiger partial charge in [-0.05, 0) is 29.8 Å². The van der Waals surface area contributed by atoms with Gasteiger partial charge in [0.05, 0.1) is 29.1 Å². The largest absolute Gasteiger partial charge is 0.495 e. The SMILES string of the molecule is COc1ccc(Cc2nnc(N3CCC(=O)CC3)c3ccc(C#N)c(N)c23)cc1Cl. The number of halogens is 1. The van der Waals surface area contributed by atoms with Crippen molar-refractivity contribution in [3.63, 3.8) is 0 Å². The van der Waals surface area contributed by atoms with Crippen molar-refractivity contribution < 1.29 is 9.53 Å². The first kappa shape index (κ1) is 19.9. The highest BCUT2D eigenvalue weighted by Gasteiger charge is 2.22. The number of aromatic nitrogens is 2. The number of fused-ring (bicyclic) bond motifs is 1. The lowest BCUT2D eigenvalue weighted by molar-refractivity contribution is -0.119. The van der Waals surface area contributed by atoms with E-state index in [-0.39, 0.29) is 5.78 Å². The van der Waals surface area contributed by atoms with Gasteiger partial charge in [0.1, 0.15) is 17.6 Å². The zero-order valence-corrected chi connectivity index (χ0v) is 17.2. The quantitative estimate of drug-likeness (QED) is 0.642. The number of carbonyl (C=O) groups excluding carboxylic acids is 1. The van der Waals surface area contributed by atoms with Crippen LogP contribution in [0.4, 0.5) is 11.5 Å². The lowest BCUT2D eigenvalue weighted by Gasteiger charge is -2.28. The van der Waals surface area contributed by atoms with Gasteiger partial charge in [0, 0.05) is 43.1 Å². The van der Waals surface area contributed by atoms with Crippen LogP contribution in [-0.4, -0.2) is 36.2 Å². The maximum absolute atomic E-state index is 11.6. The van der Waals surface area contributed by atoms with E-state index in [2.05, 4.69) is 21.2 Å². The Balaban J connectivity index is 1.82. The monoisotopic (exact) mass is 421 g/mol. The molecular formula is C22H20ClN5O2. The molecule has 7 nitrogen and oxygen atoms in total. The van der Waals surface area contributed by atoms with Gasteiger partial charge < -0.3 is 15.4 Å². The van der Waals surface area contributed by atoms with Crippen LogP contribution in [0.2, 0.25) is 5.02 Å². The van der Waals surface area contributed by atoms with Crippen molar-refractivity contribution in [2.45, 2.75) is 19.3 Å². The number of methoxy groups -OCH3 is 1. The second-order valence-electron chi connectivity index (χ2n) is 7.20. The van der Waals surface area contributed by atoms with E-state index >= 15 is 0 Å². The Labute approximate surface area is 179 Å². The molecule has 0 bridgehead atoms. The van der Waals surface area contributed by atoms with Crippen molar-refractivity contribution in [2.75, 3.05) is 30.8 Å². The number of nitrogens with two attached hydrogens (primary N) is 1. The third-order valence-corrected chi connectivity index (χ3v) is 5.66. The summed E-state index contributed by atoms with van der Waals surface area (Å²) >= 11 is 6.27. The number of anilines is 2. The zero-order valence-electron chi connectivity index (χ0n) is 16.5. The molecule has 0 saturated carbocycles. The Kier molecular flexibility index (Phi) is 5.42. The molecular weight excluding hydrogens is 402 g/mol. The minimum absolute atomic E-state index is 0.253. The summed E-state index contributed by atoms with van der Waals surface area (Å²) in [6, 6.07) is 11.2. The first-order chi connectivity index (χ1) is 14.5. The van der Waals surface area contributed by atoms with Crippen LogP contribution in [0.25, 0.3) is 10.8 Å². The van der Waals surface area contributed by atoms with Gasteiger partial charge in [-0.1, -0.05) is 17.7 Å². The lowest BCUT2D eigenvalue weighted by atomic mass is 9.99. The highest BCUT2D eigenvalue weighted by molar-refractivity contribution is 6.32. The van der Waals surface area contributed by atoms with Crippen LogP contribution in [0.1, 0.15) is 29.7 Å². The van der Waals surface area contributed by atoms with E-state index in [1.807, 2.05) is 18.2 Å². The summed E-state index contributed by atoms with van der Waals surface area (Å²) in [7, 11) is 1.57. The minimum atomic E-state index is 0.253. The number of nitrogen functional groups attached to an aromatic ring is 1. The lowest BCUT2D eigenvalue weighted by Crippen LogP contribution is -2.34. The standard InChI is InChI=1S/C22H20ClN5O2/c1-30-19-5-2-13(10-17(19)23)11-18-20-16(4-3-14(12-24)21(20)25)22(27-26-18)28-8-6-15(29)7-9-28/h2-5,10H,6-9,11,25H2,1H3. The van der Waals surface area contributed by atoms with E-state index < -0.39 is 0 Å². The predicted molar refractivity (Wildman–Crippen MR) is 116 cm³/mol. The number of carbonyl (C=O) groups is 1. The molecule has 152 valence electrons. The number of benzene rings is 2. The number of piperidine rings is 1. The number of hydrogen-bond acceptors (Lipinski definition) is 7. The molecule has 0 spiro atoms. The third kappa shape index (κ3) is 3.62. The molecule has 0 amide bonds. The fraction of sp³-hybridized carbons (Fsp3) is 0.273. The molecule has 0 radical (unpaired) electrons. The first-order valence-electron chi connectivity index (χ1n) is 9.58. The maximum atomic E-state index is 11.6. The highest BCUT2D eigenvalue weighted by atomic mass is 35.5. The van der Waals surface area contributed by atoms with Crippen LogP contribution in [0, 0.1) is 11.3 Å². The molecule has 1 fully saturated rings. The number of Topliss-reactive ketones (excluding diaryl/α,β-unsaturated/α-hetero) is 1. The summed E-state index contributed by atoms with van der Waals surface area (Å²) in [4.78, 5) is 13.7. The van der Waals surface area contributed by atoms with E-state index in [1.165, 1.54) is 0 Å². The number of hydrogen-bond donors (Lipinski definition) is 1.